The molecule has 0 aliphatic carbocycles. The second-order valence-electron chi connectivity index (χ2n) is 5.35. The third-order valence-electron chi connectivity index (χ3n) is 3.31. The van der Waals surface area contributed by atoms with Crippen molar-refractivity contribution in [1.29, 1.82) is 0 Å². The minimum atomic E-state index is -0.137. The average Bonchev–Trinajstić information content (AvgIpc) is 2.15. The zero-order chi connectivity index (χ0) is 11.9. The summed E-state index contributed by atoms with van der Waals surface area (Å²) in [6, 6.07) is 0.256. The van der Waals surface area contributed by atoms with Crippen molar-refractivity contribution in [1.82, 2.24) is 0 Å². The van der Waals surface area contributed by atoms with Crippen molar-refractivity contribution in [2.75, 3.05) is 0 Å². The summed E-state index contributed by atoms with van der Waals surface area (Å²) in [7, 11) is 0. The SMILES string of the molecule is CCCCCCC(C(N)CC)C(C)(C)N.Cl. The van der Waals surface area contributed by atoms with E-state index < -0.39 is 0 Å². The zero-order valence-corrected chi connectivity index (χ0v) is 12.3. The fourth-order valence-electron chi connectivity index (χ4n) is 2.21. The van der Waals surface area contributed by atoms with Gasteiger partial charge in [0.1, 0.15) is 0 Å². The maximum absolute atomic E-state index is 6.19. The maximum atomic E-state index is 6.19. The standard InChI is InChI=1S/C13H30N2.ClH/c1-5-7-8-9-10-11(12(14)6-2)13(3,4)15;/h11-12H,5-10,14-15H2,1-4H3;1H. The Morgan fingerprint density at radius 1 is 1.06 bits per heavy atom. The van der Waals surface area contributed by atoms with E-state index in [2.05, 4.69) is 27.7 Å². The summed E-state index contributed by atoms with van der Waals surface area (Å²) in [6.07, 6.45) is 7.42. The van der Waals surface area contributed by atoms with Gasteiger partial charge in [-0.15, -0.1) is 12.4 Å². The van der Waals surface area contributed by atoms with Crippen molar-refractivity contribution < 1.29 is 0 Å². The summed E-state index contributed by atoms with van der Waals surface area (Å²) in [4.78, 5) is 0. The lowest BCUT2D eigenvalue weighted by Gasteiger charge is -2.35. The number of nitrogens with two attached hydrogens (primary N) is 2. The van der Waals surface area contributed by atoms with Crippen molar-refractivity contribution in [3.63, 3.8) is 0 Å². The van der Waals surface area contributed by atoms with Crippen LogP contribution in [0.2, 0.25) is 0 Å². The van der Waals surface area contributed by atoms with Crippen LogP contribution >= 0.6 is 12.4 Å². The van der Waals surface area contributed by atoms with E-state index in [4.69, 9.17) is 11.5 Å². The molecule has 0 aliphatic heterocycles. The van der Waals surface area contributed by atoms with Crippen molar-refractivity contribution in [3.8, 4) is 0 Å². The third kappa shape index (κ3) is 7.48. The van der Waals surface area contributed by atoms with E-state index in [1.54, 1.807) is 0 Å². The largest absolute Gasteiger partial charge is 0.327 e. The molecule has 0 amide bonds. The summed E-state index contributed by atoms with van der Waals surface area (Å²) < 4.78 is 0. The number of hydrogen-bond acceptors (Lipinski definition) is 2. The third-order valence-corrected chi connectivity index (χ3v) is 3.31. The molecule has 0 rings (SSSR count). The molecule has 0 heterocycles. The van der Waals surface area contributed by atoms with Crippen LogP contribution in [0.1, 0.15) is 66.2 Å². The molecule has 2 nitrogen and oxygen atoms in total. The molecule has 0 aromatic heterocycles. The first kappa shape index (κ1) is 18.6. The number of rotatable bonds is 8. The normalized spacial score (nSPS) is 15.4. The Bertz CT molecular complexity index is 155. The van der Waals surface area contributed by atoms with Crippen molar-refractivity contribution in [3.05, 3.63) is 0 Å². The minimum absolute atomic E-state index is 0. The highest BCUT2D eigenvalue weighted by atomic mass is 35.5. The first-order valence-corrected chi connectivity index (χ1v) is 6.47. The van der Waals surface area contributed by atoms with Gasteiger partial charge in [0.25, 0.3) is 0 Å². The summed E-state index contributed by atoms with van der Waals surface area (Å²) >= 11 is 0. The van der Waals surface area contributed by atoms with E-state index in [0.29, 0.717) is 5.92 Å². The van der Waals surface area contributed by atoms with Crippen LogP contribution in [0, 0.1) is 5.92 Å². The van der Waals surface area contributed by atoms with E-state index in [9.17, 15) is 0 Å². The van der Waals surface area contributed by atoms with E-state index in [0.717, 1.165) is 6.42 Å². The fraction of sp³-hybridized carbons (Fsp3) is 1.00. The Morgan fingerprint density at radius 3 is 2.00 bits per heavy atom. The van der Waals surface area contributed by atoms with E-state index in [1.165, 1.54) is 32.1 Å². The average molecular weight is 251 g/mol. The van der Waals surface area contributed by atoms with Crippen LogP contribution in [0.15, 0.2) is 0 Å². The molecule has 0 bridgehead atoms. The lowest BCUT2D eigenvalue weighted by Crippen LogP contribution is -2.49. The molecule has 4 N–H and O–H groups in total. The van der Waals surface area contributed by atoms with Crippen molar-refractivity contribution in [2.45, 2.75) is 77.8 Å². The molecule has 0 saturated carbocycles. The highest BCUT2D eigenvalue weighted by molar-refractivity contribution is 5.85. The Hall–Kier alpha value is 0.210. The Kier molecular flexibility index (Phi) is 10.8. The van der Waals surface area contributed by atoms with Crippen molar-refractivity contribution in [2.24, 2.45) is 17.4 Å². The second kappa shape index (κ2) is 9.26. The van der Waals surface area contributed by atoms with Crippen LogP contribution in [0.5, 0.6) is 0 Å². The molecule has 0 fully saturated rings. The maximum Gasteiger partial charge on any atom is 0.0140 e. The van der Waals surface area contributed by atoms with Crippen LogP contribution in [0.4, 0.5) is 0 Å². The smallest absolute Gasteiger partial charge is 0.0140 e. The molecule has 0 aliphatic rings. The lowest BCUT2D eigenvalue weighted by molar-refractivity contribution is 0.242. The lowest BCUT2D eigenvalue weighted by atomic mass is 9.78. The number of unbranched alkanes of at least 4 members (excludes halogenated alkanes) is 3. The highest BCUT2D eigenvalue weighted by Crippen LogP contribution is 2.24. The Balaban J connectivity index is 0. The monoisotopic (exact) mass is 250 g/mol. The molecule has 2 atom stereocenters. The van der Waals surface area contributed by atoms with Crippen LogP contribution in [-0.2, 0) is 0 Å². The predicted octanol–water partition coefficient (Wildman–Crippen LogP) is 3.47. The topological polar surface area (TPSA) is 52.0 Å². The van der Waals surface area contributed by atoms with Gasteiger partial charge < -0.3 is 11.5 Å². The molecule has 100 valence electrons. The first-order chi connectivity index (χ1) is 6.93. The van der Waals surface area contributed by atoms with Crippen LogP contribution in [0.3, 0.4) is 0 Å². The zero-order valence-electron chi connectivity index (χ0n) is 11.5. The second-order valence-corrected chi connectivity index (χ2v) is 5.35. The van der Waals surface area contributed by atoms with E-state index >= 15 is 0 Å². The molecule has 0 saturated heterocycles. The van der Waals surface area contributed by atoms with Gasteiger partial charge in [-0.1, -0.05) is 39.5 Å². The molecule has 3 heteroatoms. The van der Waals surface area contributed by atoms with Crippen LogP contribution in [-0.4, -0.2) is 11.6 Å². The van der Waals surface area contributed by atoms with E-state index in [-0.39, 0.29) is 24.0 Å². The summed E-state index contributed by atoms with van der Waals surface area (Å²) in [5.41, 5.74) is 12.2. The van der Waals surface area contributed by atoms with Gasteiger partial charge in [-0.2, -0.15) is 0 Å². The van der Waals surface area contributed by atoms with Gasteiger partial charge in [0.2, 0.25) is 0 Å². The number of hydrogen-bond donors (Lipinski definition) is 2. The van der Waals surface area contributed by atoms with Gasteiger partial charge in [-0.05, 0) is 32.6 Å². The van der Waals surface area contributed by atoms with E-state index in [1.807, 2.05) is 0 Å². The van der Waals surface area contributed by atoms with Crippen LogP contribution in [0.25, 0.3) is 0 Å². The molecule has 0 aromatic rings. The van der Waals surface area contributed by atoms with Gasteiger partial charge in [0, 0.05) is 11.6 Å². The Morgan fingerprint density at radius 2 is 1.62 bits per heavy atom. The summed E-state index contributed by atoms with van der Waals surface area (Å²) in [6.45, 7) is 8.59. The van der Waals surface area contributed by atoms with Gasteiger partial charge in [0.05, 0.1) is 0 Å². The van der Waals surface area contributed by atoms with Crippen molar-refractivity contribution >= 4 is 12.4 Å². The molecular formula is C13H31ClN2. The van der Waals surface area contributed by atoms with Gasteiger partial charge in [-0.25, -0.2) is 0 Å². The summed E-state index contributed by atoms with van der Waals surface area (Å²) in [5, 5.41) is 0. The summed E-state index contributed by atoms with van der Waals surface area (Å²) in [5.74, 6) is 0.458. The molecule has 0 aromatic carbocycles. The quantitative estimate of drug-likeness (QED) is 0.648. The predicted molar refractivity (Wildman–Crippen MR) is 76.0 cm³/mol. The first-order valence-electron chi connectivity index (χ1n) is 6.47. The molecule has 0 spiro atoms. The minimum Gasteiger partial charge on any atom is -0.327 e. The molecule has 0 radical (unpaired) electrons. The Labute approximate surface area is 108 Å². The van der Waals surface area contributed by atoms with Gasteiger partial charge in [0.15, 0.2) is 0 Å². The number of halogens is 1. The van der Waals surface area contributed by atoms with Gasteiger partial charge in [-0.3, -0.25) is 0 Å². The van der Waals surface area contributed by atoms with Gasteiger partial charge >= 0.3 is 0 Å². The highest BCUT2D eigenvalue weighted by Gasteiger charge is 2.28. The van der Waals surface area contributed by atoms with Crippen LogP contribution < -0.4 is 11.5 Å². The molecular weight excluding hydrogens is 220 g/mol. The molecule has 2 unspecified atom stereocenters. The fourth-order valence-corrected chi connectivity index (χ4v) is 2.21. The molecule has 16 heavy (non-hydrogen) atoms.